The second-order valence-electron chi connectivity index (χ2n) is 7.10. The number of carbonyl (C=O) groups excluding carboxylic acids is 2. The number of anilines is 1. The van der Waals surface area contributed by atoms with Gasteiger partial charge in [-0.15, -0.1) is 11.3 Å². The third-order valence-electron chi connectivity index (χ3n) is 5.11. The normalized spacial score (nSPS) is 16.6. The molecule has 1 aliphatic rings. The summed E-state index contributed by atoms with van der Waals surface area (Å²) < 4.78 is 20.2. The molecule has 1 unspecified atom stereocenters. The number of ether oxygens (including phenoxy) is 1. The first-order valence-electron chi connectivity index (χ1n) is 9.37. The number of nitrogens with zero attached hydrogens (tertiary/aromatic N) is 1. The predicted octanol–water partition coefficient (Wildman–Crippen LogP) is 4.03. The summed E-state index contributed by atoms with van der Waals surface area (Å²) in [6.07, 6.45) is 0.525. The Morgan fingerprint density at radius 3 is 2.76 bits per heavy atom. The van der Waals surface area contributed by atoms with Gasteiger partial charge in [0.05, 0.1) is 11.5 Å². The van der Waals surface area contributed by atoms with Crippen molar-refractivity contribution in [1.82, 2.24) is 5.32 Å². The Morgan fingerprint density at radius 1 is 1.28 bits per heavy atom. The average Bonchev–Trinajstić information content (AvgIpc) is 3.25. The van der Waals surface area contributed by atoms with E-state index in [2.05, 4.69) is 5.32 Å². The standard InChI is InChI=1S/C22H21FN2O3S/c1-13-6-8-14(9-7-13)25-11-10-17(22(25)27)24-21(26)20-15(12-28-2)19-16(23)4-3-5-18(19)29-20/h3-9,17H,10-12H2,1-2H3,(H,24,26). The highest BCUT2D eigenvalue weighted by molar-refractivity contribution is 7.21. The molecule has 0 saturated carbocycles. The fraction of sp³-hybridized carbons (Fsp3) is 0.273. The molecule has 1 saturated heterocycles. The number of benzene rings is 2. The molecular weight excluding hydrogens is 391 g/mol. The number of carbonyl (C=O) groups is 2. The van der Waals surface area contributed by atoms with E-state index in [1.54, 1.807) is 17.0 Å². The number of amides is 2. The lowest BCUT2D eigenvalue weighted by Crippen LogP contribution is -2.41. The molecule has 3 aromatic rings. The Morgan fingerprint density at radius 2 is 2.03 bits per heavy atom. The van der Waals surface area contributed by atoms with Gasteiger partial charge in [0.25, 0.3) is 5.91 Å². The zero-order valence-corrected chi connectivity index (χ0v) is 17.0. The number of aryl methyl sites for hydroxylation is 1. The van der Waals surface area contributed by atoms with Crippen molar-refractivity contribution in [2.24, 2.45) is 0 Å². The topological polar surface area (TPSA) is 58.6 Å². The molecule has 1 aliphatic heterocycles. The average molecular weight is 412 g/mol. The van der Waals surface area contributed by atoms with Crippen molar-refractivity contribution in [2.75, 3.05) is 18.6 Å². The Kier molecular flexibility index (Phi) is 5.34. The van der Waals surface area contributed by atoms with Crippen LogP contribution < -0.4 is 10.2 Å². The van der Waals surface area contributed by atoms with E-state index in [1.807, 2.05) is 31.2 Å². The second kappa shape index (κ2) is 7.93. The minimum absolute atomic E-state index is 0.123. The maximum Gasteiger partial charge on any atom is 0.262 e. The largest absolute Gasteiger partial charge is 0.380 e. The highest BCUT2D eigenvalue weighted by atomic mass is 32.1. The molecule has 1 N–H and O–H groups in total. The number of rotatable bonds is 5. The fourth-order valence-electron chi connectivity index (χ4n) is 3.65. The summed E-state index contributed by atoms with van der Waals surface area (Å²) in [7, 11) is 1.51. The van der Waals surface area contributed by atoms with E-state index >= 15 is 0 Å². The van der Waals surface area contributed by atoms with Gasteiger partial charge in [0.2, 0.25) is 5.91 Å². The summed E-state index contributed by atoms with van der Waals surface area (Å²) in [5, 5.41) is 3.24. The molecule has 0 bridgehead atoms. The van der Waals surface area contributed by atoms with Crippen molar-refractivity contribution in [1.29, 1.82) is 0 Å². The second-order valence-corrected chi connectivity index (χ2v) is 8.15. The molecule has 1 fully saturated rings. The van der Waals surface area contributed by atoms with Gasteiger partial charge in [0.15, 0.2) is 0 Å². The minimum Gasteiger partial charge on any atom is -0.380 e. The van der Waals surface area contributed by atoms with E-state index in [4.69, 9.17) is 4.74 Å². The van der Waals surface area contributed by atoms with Gasteiger partial charge in [-0.05, 0) is 37.6 Å². The van der Waals surface area contributed by atoms with Gasteiger partial charge in [-0.1, -0.05) is 23.8 Å². The molecule has 4 rings (SSSR count). The molecule has 0 radical (unpaired) electrons. The maximum atomic E-state index is 14.3. The minimum atomic E-state index is -0.603. The predicted molar refractivity (Wildman–Crippen MR) is 112 cm³/mol. The summed E-state index contributed by atoms with van der Waals surface area (Å²) in [4.78, 5) is 27.9. The zero-order chi connectivity index (χ0) is 20.5. The first kappa shape index (κ1) is 19.5. The van der Waals surface area contributed by atoms with Crippen molar-refractivity contribution >= 4 is 38.9 Å². The number of hydrogen-bond acceptors (Lipinski definition) is 4. The summed E-state index contributed by atoms with van der Waals surface area (Å²) in [6.45, 7) is 2.65. The first-order valence-corrected chi connectivity index (χ1v) is 10.2. The van der Waals surface area contributed by atoms with E-state index in [-0.39, 0.29) is 24.2 Å². The molecule has 29 heavy (non-hydrogen) atoms. The summed E-state index contributed by atoms with van der Waals surface area (Å²) in [6, 6.07) is 11.9. The highest BCUT2D eigenvalue weighted by Crippen LogP contribution is 2.34. The van der Waals surface area contributed by atoms with E-state index in [0.717, 1.165) is 11.3 Å². The van der Waals surface area contributed by atoms with Crippen LogP contribution in [0.4, 0.5) is 10.1 Å². The number of thiophene rings is 1. The third kappa shape index (κ3) is 3.63. The van der Waals surface area contributed by atoms with Crippen LogP contribution in [0.2, 0.25) is 0 Å². The lowest BCUT2D eigenvalue weighted by molar-refractivity contribution is -0.118. The molecule has 1 aromatic heterocycles. The highest BCUT2D eigenvalue weighted by Gasteiger charge is 2.34. The molecule has 2 heterocycles. The van der Waals surface area contributed by atoms with Gasteiger partial charge in [0, 0.05) is 35.0 Å². The monoisotopic (exact) mass is 412 g/mol. The quantitative estimate of drug-likeness (QED) is 0.688. The van der Waals surface area contributed by atoms with Gasteiger partial charge in [-0.25, -0.2) is 4.39 Å². The SMILES string of the molecule is COCc1c(C(=O)NC2CCN(c3ccc(C)cc3)C2=O)sc2cccc(F)c12. The lowest BCUT2D eigenvalue weighted by atomic mass is 10.1. The lowest BCUT2D eigenvalue weighted by Gasteiger charge is -2.17. The summed E-state index contributed by atoms with van der Waals surface area (Å²) >= 11 is 1.21. The van der Waals surface area contributed by atoms with Crippen LogP contribution in [-0.2, 0) is 16.1 Å². The molecule has 5 nitrogen and oxygen atoms in total. The van der Waals surface area contributed by atoms with Crippen LogP contribution in [0.25, 0.3) is 10.1 Å². The van der Waals surface area contributed by atoms with Crippen molar-refractivity contribution in [3.05, 3.63) is 64.3 Å². The van der Waals surface area contributed by atoms with Gasteiger partial charge in [0.1, 0.15) is 11.9 Å². The van der Waals surface area contributed by atoms with Crippen LogP contribution in [0, 0.1) is 12.7 Å². The molecule has 0 spiro atoms. The Balaban J connectivity index is 1.57. The van der Waals surface area contributed by atoms with Crippen LogP contribution >= 0.6 is 11.3 Å². The number of nitrogens with one attached hydrogen (secondary N) is 1. The number of halogens is 1. The fourth-order valence-corrected chi connectivity index (χ4v) is 4.78. The van der Waals surface area contributed by atoms with E-state index < -0.39 is 6.04 Å². The third-order valence-corrected chi connectivity index (χ3v) is 6.31. The molecule has 0 aliphatic carbocycles. The molecule has 1 atom stereocenters. The number of hydrogen-bond donors (Lipinski definition) is 1. The Labute approximate surface area is 172 Å². The summed E-state index contributed by atoms with van der Waals surface area (Å²) in [5.74, 6) is -0.892. The summed E-state index contributed by atoms with van der Waals surface area (Å²) in [5.41, 5.74) is 2.46. The Hall–Kier alpha value is -2.77. The molecule has 150 valence electrons. The maximum absolute atomic E-state index is 14.3. The number of fused-ring (bicyclic) bond motifs is 1. The van der Waals surface area contributed by atoms with Crippen molar-refractivity contribution < 1.29 is 18.7 Å². The molecular formula is C22H21FN2O3S. The van der Waals surface area contributed by atoms with Crippen molar-refractivity contribution in [3.8, 4) is 0 Å². The van der Waals surface area contributed by atoms with Gasteiger partial charge in [-0.2, -0.15) is 0 Å². The molecule has 2 aromatic carbocycles. The van der Waals surface area contributed by atoms with E-state index in [9.17, 15) is 14.0 Å². The zero-order valence-electron chi connectivity index (χ0n) is 16.2. The van der Waals surface area contributed by atoms with Crippen LogP contribution in [0.15, 0.2) is 42.5 Å². The smallest absolute Gasteiger partial charge is 0.262 e. The van der Waals surface area contributed by atoms with Gasteiger partial charge in [-0.3, -0.25) is 9.59 Å². The van der Waals surface area contributed by atoms with Crippen molar-refractivity contribution in [2.45, 2.75) is 26.0 Å². The van der Waals surface area contributed by atoms with E-state index in [0.29, 0.717) is 33.5 Å². The van der Waals surface area contributed by atoms with Crippen molar-refractivity contribution in [3.63, 3.8) is 0 Å². The Bertz CT molecular complexity index is 1080. The first-order chi connectivity index (χ1) is 14.0. The van der Waals surface area contributed by atoms with Gasteiger partial charge < -0.3 is 15.0 Å². The van der Waals surface area contributed by atoms with Crippen LogP contribution in [0.5, 0.6) is 0 Å². The number of methoxy groups -OCH3 is 1. The molecule has 7 heteroatoms. The van der Waals surface area contributed by atoms with Crippen LogP contribution in [0.1, 0.15) is 27.2 Å². The van der Waals surface area contributed by atoms with Gasteiger partial charge >= 0.3 is 0 Å². The van der Waals surface area contributed by atoms with E-state index in [1.165, 1.54) is 24.5 Å². The van der Waals surface area contributed by atoms with Crippen LogP contribution in [-0.4, -0.2) is 31.5 Å². The van der Waals surface area contributed by atoms with Crippen LogP contribution in [0.3, 0.4) is 0 Å². The molecule has 2 amide bonds.